The Morgan fingerprint density at radius 1 is 1.38 bits per heavy atom. The van der Waals surface area contributed by atoms with Crippen LogP contribution in [0.2, 0.25) is 0 Å². The lowest BCUT2D eigenvalue weighted by molar-refractivity contribution is -0.385. The topological polar surface area (TPSA) is 113 Å². The smallest absolute Gasteiger partial charge is 0.323 e. The Morgan fingerprint density at radius 3 is 2.52 bits per heavy atom. The summed E-state index contributed by atoms with van der Waals surface area (Å²) >= 11 is 0. The number of hydrogen-bond acceptors (Lipinski definition) is 4. The van der Waals surface area contributed by atoms with E-state index in [0.717, 1.165) is 4.90 Å². The van der Waals surface area contributed by atoms with E-state index < -0.39 is 23.5 Å². The second kappa shape index (κ2) is 7.22. The fraction of sp³-hybridized carbons (Fsp3) is 0.385. The van der Waals surface area contributed by atoms with Gasteiger partial charge in [0.25, 0.3) is 5.69 Å². The molecule has 21 heavy (non-hydrogen) atoms. The van der Waals surface area contributed by atoms with Crippen molar-refractivity contribution in [2.24, 2.45) is 0 Å². The summed E-state index contributed by atoms with van der Waals surface area (Å²) < 4.78 is 0. The number of nitrogens with zero attached hydrogens (tertiary/aromatic N) is 2. The van der Waals surface area contributed by atoms with Crippen molar-refractivity contribution in [3.05, 3.63) is 39.9 Å². The highest BCUT2D eigenvalue weighted by atomic mass is 16.6. The lowest BCUT2D eigenvalue weighted by atomic mass is 10.2. The number of amides is 2. The molecule has 0 aliphatic carbocycles. The van der Waals surface area contributed by atoms with Crippen molar-refractivity contribution >= 4 is 17.7 Å². The van der Waals surface area contributed by atoms with E-state index in [1.165, 1.54) is 18.2 Å². The summed E-state index contributed by atoms with van der Waals surface area (Å²) in [5.41, 5.74) is 0.266. The number of urea groups is 1. The minimum Gasteiger partial charge on any atom is -0.480 e. The highest BCUT2D eigenvalue weighted by Crippen LogP contribution is 2.17. The number of hydrogen-bond donors (Lipinski definition) is 2. The second-order valence-corrected chi connectivity index (χ2v) is 4.66. The summed E-state index contributed by atoms with van der Waals surface area (Å²) in [7, 11) is 0. The lowest BCUT2D eigenvalue weighted by Crippen LogP contribution is -2.46. The van der Waals surface area contributed by atoms with Gasteiger partial charge in [-0.2, -0.15) is 0 Å². The van der Waals surface area contributed by atoms with Crippen LogP contribution in [0.25, 0.3) is 0 Å². The van der Waals surface area contributed by atoms with Crippen molar-refractivity contribution in [3.8, 4) is 0 Å². The maximum atomic E-state index is 12.0. The molecule has 0 atom stereocenters. The number of nitro benzene ring substituents is 1. The number of carbonyl (C=O) groups is 2. The highest BCUT2D eigenvalue weighted by Gasteiger charge is 2.20. The largest absolute Gasteiger partial charge is 0.480 e. The lowest BCUT2D eigenvalue weighted by Gasteiger charge is -2.25. The average molecular weight is 295 g/mol. The van der Waals surface area contributed by atoms with Crippen LogP contribution in [-0.4, -0.2) is 39.5 Å². The Kier molecular flexibility index (Phi) is 5.65. The van der Waals surface area contributed by atoms with E-state index in [-0.39, 0.29) is 18.3 Å². The maximum Gasteiger partial charge on any atom is 0.323 e. The molecular formula is C13H17N3O5. The van der Waals surface area contributed by atoms with Gasteiger partial charge >= 0.3 is 12.0 Å². The number of rotatable bonds is 6. The zero-order valence-electron chi connectivity index (χ0n) is 11.8. The SMILES string of the molecule is CC(C)N(CC(=O)O)C(=O)NCc1ccccc1[N+](=O)[O-]. The van der Waals surface area contributed by atoms with Crippen LogP contribution < -0.4 is 5.32 Å². The molecule has 8 nitrogen and oxygen atoms in total. The van der Waals surface area contributed by atoms with E-state index in [4.69, 9.17) is 5.11 Å². The molecule has 114 valence electrons. The van der Waals surface area contributed by atoms with Gasteiger partial charge in [0.1, 0.15) is 6.54 Å². The van der Waals surface area contributed by atoms with Crippen molar-refractivity contribution in [2.75, 3.05) is 6.54 Å². The Hall–Kier alpha value is -2.64. The molecule has 0 aliphatic heterocycles. The van der Waals surface area contributed by atoms with Crippen LogP contribution in [0.4, 0.5) is 10.5 Å². The molecule has 0 radical (unpaired) electrons. The average Bonchev–Trinajstić information content (AvgIpc) is 2.41. The van der Waals surface area contributed by atoms with E-state index in [2.05, 4.69) is 5.32 Å². The number of benzene rings is 1. The molecule has 1 aromatic rings. The van der Waals surface area contributed by atoms with Gasteiger partial charge in [0, 0.05) is 17.7 Å². The first-order valence-corrected chi connectivity index (χ1v) is 6.31. The van der Waals surface area contributed by atoms with E-state index in [0.29, 0.717) is 5.56 Å². The Morgan fingerprint density at radius 2 is 2.00 bits per heavy atom. The van der Waals surface area contributed by atoms with Crippen LogP contribution >= 0.6 is 0 Å². The number of para-hydroxylation sites is 1. The number of nitro groups is 1. The number of carbonyl (C=O) groups excluding carboxylic acids is 1. The van der Waals surface area contributed by atoms with Crippen molar-refractivity contribution < 1.29 is 19.6 Å². The highest BCUT2D eigenvalue weighted by molar-refractivity contribution is 5.80. The molecule has 0 aromatic heterocycles. The zero-order valence-corrected chi connectivity index (χ0v) is 11.8. The summed E-state index contributed by atoms with van der Waals surface area (Å²) in [6.45, 7) is 2.90. The van der Waals surface area contributed by atoms with Gasteiger partial charge in [0.15, 0.2) is 0 Å². The minimum absolute atomic E-state index is 0.0428. The zero-order chi connectivity index (χ0) is 16.0. The van der Waals surface area contributed by atoms with Crippen LogP contribution in [0.15, 0.2) is 24.3 Å². The molecule has 0 spiro atoms. The van der Waals surface area contributed by atoms with Gasteiger partial charge < -0.3 is 15.3 Å². The molecule has 0 unspecified atom stereocenters. The normalized spacial score (nSPS) is 10.2. The standard InChI is InChI=1S/C13H17N3O5/c1-9(2)15(8-12(17)18)13(19)14-7-10-5-3-4-6-11(10)16(20)21/h3-6,9H,7-8H2,1-2H3,(H,14,19)(H,17,18). The molecule has 2 amide bonds. The van der Waals surface area contributed by atoms with Crippen molar-refractivity contribution in [3.63, 3.8) is 0 Å². The number of aliphatic carboxylic acids is 1. The Balaban J connectivity index is 2.76. The van der Waals surface area contributed by atoms with E-state index in [1.54, 1.807) is 19.9 Å². The van der Waals surface area contributed by atoms with E-state index >= 15 is 0 Å². The van der Waals surface area contributed by atoms with Crippen LogP contribution in [0.5, 0.6) is 0 Å². The third-order valence-corrected chi connectivity index (χ3v) is 2.81. The summed E-state index contributed by atoms with van der Waals surface area (Å²) in [5, 5.41) is 22.1. The van der Waals surface area contributed by atoms with Gasteiger partial charge in [0.2, 0.25) is 0 Å². The first kappa shape index (κ1) is 16.4. The van der Waals surface area contributed by atoms with Gasteiger partial charge in [-0.3, -0.25) is 14.9 Å². The second-order valence-electron chi connectivity index (χ2n) is 4.66. The first-order chi connectivity index (χ1) is 9.82. The minimum atomic E-state index is -1.12. The quantitative estimate of drug-likeness (QED) is 0.611. The molecule has 0 saturated heterocycles. The summed E-state index contributed by atoms with van der Waals surface area (Å²) in [6, 6.07) is 5.17. The third kappa shape index (κ3) is 4.75. The third-order valence-electron chi connectivity index (χ3n) is 2.81. The number of carboxylic acid groups (broad SMARTS) is 1. The summed E-state index contributed by atoms with van der Waals surface area (Å²) in [4.78, 5) is 34.1. The van der Waals surface area contributed by atoms with Crippen LogP contribution in [0.1, 0.15) is 19.4 Å². The Labute approximate surface area is 121 Å². The molecule has 0 fully saturated rings. The van der Waals surface area contributed by atoms with Gasteiger partial charge in [-0.25, -0.2) is 4.79 Å². The van der Waals surface area contributed by atoms with E-state index in [1.807, 2.05) is 0 Å². The first-order valence-electron chi connectivity index (χ1n) is 6.31. The monoisotopic (exact) mass is 295 g/mol. The molecule has 0 heterocycles. The van der Waals surface area contributed by atoms with Crippen molar-refractivity contribution in [2.45, 2.75) is 26.4 Å². The van der Waals surface area contributed by atoms with Crippen LogP contribution in [0.3, 0.4) is 0 Å². The van der Waals surface area contributed by atoms with Crippen molar-refractivity contribution in [1.29, 1.82) is 0 Å². The summed E-state index contributed by atoms with van der Waals surface area (Å²) in [5.74, 6) is -1.12. The van der Waals surface area contributed by atoms with Crippen molar-refractivity contribution in [1.82, 2.24) is 10.2 Å². The molecule has 8 heteroatoms. The molecule has 1 aromatic carbocycles. The molecular weight excluding hydrogens is 278 g/mol. The van der Waals surface area contributed by atoms with Gasteiger partial charge in [0.05, 0.1) is 11.5 Å². The van der Waals surface area contributed by atoms with Gasteiger partial charge in [-0.1, -0.05) is 18.2 Å². The maximum absolute atomic E-state index is 12.0. The fourth-order valence-corrected chi connectivity index (χ4v) is 1.75. The predicted molar refractivity (Wildman–Crippen MR) is 74.8 cm³/mol. The number of nitrogens with one attached hydrogen (secondary N) is 1. The van der Waals surface area contributed by atoms with Gasteiger partial charge in [-0.15, -0.1) is 0 Å². The molecule has 1 rings (SSSR count). The van der Waals surface area contributed by atoms with Crippen LogP contribution in [-0.2, 0) is 11.3 Å². The summed E-state index contributed by atoms with van der Waals surface area (Å²) in [6.07, 6.45) is 0. The Bertz CT molecular complexity index is 544. The fourth-order valence-electron chi connectivity index (χ4n) is 1.75. The molecule has 0 aliphatic rings. The van der Waals surface area contributed by atoms with E-state index in [9.17, 15) is 19.7 Å². The molecule has 0 bridgehead atoms. The van der Waals surface area contributed by atoms with Crippen LogP contribution in [0, 0.1) is 10.1 Å². The number of carboxylic acids is 1. The molecule has 0 saturated carbocycles. The molecule has 2 N–H and O–H groups in total. The van der Waals surface area contributed by atoms with Gasteiger partial charge in [-0.05, 0) is 13.8 Å². The predicted octanol–water partition coefficient (Wildman–Crippen LogP) is 1.60.